The summed E-state index contributed by atoms with van der Waals surface area (Å²) in [7, 11) is 3.74. The van der Waals surface area contributed by atoms with E-state index in [1.807, 2.05) is 7.05 Å². The summed E-state index contributed by atoms with van der Waals surface area (Å²) in [6.07, 6.45) is 1.06. The van der Waals surface area contributed by atoms with E-state index in [1.54, 1.807) is 18.4 Å². The van der Waals surface area contributed by atoms with Crippen LogP contribution in [0.25, 0.3) is 10.2 Å². The van der Waals surface area contributed by atoms with E-state index in [4.69, 9.17) is 4.74 Å². The quantitative estimate of drug-likeness (QED) is 0.845. The molecule has 6 heteroatoms. The first-order valence-electron chi connectivity index (χ1n) is 6.45. The van der Waals surface area contributed by atoms with E-state index < -0.39 is 0 Å². The number of rotatable bonds is 7. The predicted molar refractivity (Wildman–Crippen MR) is 81.3 cm³/mol. The number of ether oxygens (including phenoxy) is 1. The summed E-state index contributed by atoms with van der Waals surface area (Å²) < 4.78 is 5.12. The maximum atomic E-state index is 5.12. The minimum absolute atomic E-state index is 0.684. The molecule has 0 aromatic carbocycles. The molecule has 2 aromatic heterocycles. The number of nitrogens with zero attached hydrogens (tertiary/aromatic N) is 3. The molecule has 2 rings (SSSR count). The Balaban J connectivity index is 2.30. The van der Waals surface area contributed by atoms with Gasteiger partial charge in [0.25, 0.3) is 0 Å². The molecule has 0 atom stereocenters. The second-order valence-corrected chi connectivity index (χ2v) is 5.25. The van der Waals surface area contributed by atoms with Crippen molar-refractivity contribution in [3.63, 3.8) is 0 Å². The maximum absolute atomic E-state index is 5.12. The Morgan fingerprint density at radius 2 is 2.26 bits per heavy atom. The molecule has 0 aliphatic heterocycles. The van der Waals surface area contributed by atoms with Gasteiger partial charge in [-0.25, -0.2) is 4.98 Å². The lowest BCUT2D eigenvalue weighted by Crippen LogP contribution is -2.23. The van der Waals surface area contributed by atoms with Gasteiger partial charge in [0.2, 0.25) is 5.95 Å². The average molecular weight is 280 g/mol. The van der Waals surface area contributed by atoms with Gasteiger partial charge in [-0.05, 0) is 17.9 Å². The third-order valence-electron chi connectivity index (χ3n) is 2.83. The van der Waals surface area contributed by atoms with Gasteiger partial charge in [0.1, 0.15) is 10.6 Å². The molecule has 0 spiro atoms. The first-order valence-corrected chi connectivity index (χ1v) is 7.33. The largest absolute Gasteiger partial charge is 0.383 e. The van der Waals surface area contributed by atoms with Crippen LogP contribution in [0.4, 0.5) is 11.8 Å². The van der Waals surface area contributed by atoms with Gasteiger partial charge in [-0.1, -0.05) is 6.92 Å². The summed E-state index contributed by atoms with van der Waals surface area (Å²) >= 11 is 1.64. The van der Waals surface area contributed by atoms with Crippen molar-refractivity contribution in [2.24, 2.45) is 0 Å². The molecular weight excluding hydrogens is 260 g/mol. The number of nitrogens with one attached hydrogen (secondary N) is 1. The Bertz CT molecular complexity index is 528. The molecule has 0 aliphatic carbocycles. The zero-order chi connectivity index (χ0) is 13.7. The lowest BCUT2D eigenvalue weighted by Gasteiger charge is -2.19. The minimum Gasteiger partial charge on any atom is -0.383 e. The normalized spacial score (nSPS) is 10.9. The van der Waals surface area contributed by atoms with Crippen LogP contribution in [0.1, 0.15) is 13.3 Å². The molecule has 5 nitrogen and oxygen atoms in total. The van der Waals surface area contributed by atoms with Gasteiger partial charge in [0.05, 0.1) is 12.0 Å². The van der Waals surface area contributed by atoms with Crippen LogP contribution >= 0.6 is 11.3 Å². The maximum Gasteiger partial charge on any atom is 0.226 e. The van der Waals surface area contributed by atoms with Gasteiger partial charge in [-0.3, -0.25) is 0 Å². The molecule has 1 N–H and O–H groups in total. The van der Waals surface area contributed by atoms with Crippen molar-refractivity contribution in [2.45, 2.75) is 13.3 Å². The lowest BCUT2D eigenvalue weighted by atomic mass is 10.3. The smallest absolute Gasteiger partial charge is 0.226 e. The zero-order valence-corrected chi connectivity index (χ0v) is 12.5. The SMILES string of the molecule is CCCNc1nc(N(C)CCOC)c2ccsc2n1. The molecule has 2 heterocycles. The summed E-state index contributed by atoms with van der Waals surface area (Å²) in [5.41, 5.74) is 0. The van der Waals surface area contributed by atoms with Crippen LogP contribution in [-0.4, -0.2) is 43.8 Å². The first kappa shape index (κ1) is 14.0. The molecule has 104 valence electrons. The second-order valence-electron chi connectivity index (χ2n) is 4.35. The highest BCUT2D eigenvalue weighted by molar-refractivity contribution is 7.16. The van der Waals surface area contributed by atoms with Gasteiger partial charge in [-0.15, -0.1) is 11.3 Å². The van der Waals surface area contributed by atoms with E-state index in [-0.39, 0.29) is 0 Å². The Kier molecular flexibility index (Phi) is 4.93. The molecule has 0 amide bonds. The van der Waals surface area contributed by atoms with Crippen LogP contribution in [0.2, 0.25) is 0 Å². The van der Waals surface area contributed by atoms with Crippen LogP contribution < -0.4 is 10.2 Å². The Morgan fingerprint density at radius 1 is 1.42 bits per heavy atom. The number of likely N-dealkylation sites (N-methyl/N-ethyl adjacent to an activating group) is 1. The van der Waals surface area contributed by atoms with E-state index in [0.29, 0.717) is 12.6 Å². The van der Waals surface area contributed by atoms with Crippen molar-refractivity contribution in [3.05, 3.63) is 11.4 Å². The van der Waals surface area contributed by atoms with Gasteiger partial charge < -0.3 is 15.0 Å². The average Bonchev–Trinajstić information content (AvgIpc) is 2.89. The number of anilines is 2. The molecule has 0 radical (unpaired) electrons. The van der Waals surface area contributed by atoms with Crippen LogP contribution in [-0.2, 0) is 4.74 Å². The molecule has 0 fully saturated rings. The van der Waals surface area contributed by atoms with Gasteiger partial charge in [0, 0.05) is 27.2 Å². The van der Waals surface area contributed by atoms with E-state index in [0.717, 1.165) is 35.5 Å². The fraction of sp³-hybridized carbons (Fsp3) is 0.538. The number of hydrogen-bond acceptors (Lipinski definition) is 6. The summed E-state index contributed by atoms with van der Waals surface area (Å²) in [6.45, 7) is 4.51. The molecule has 0 bridgehead atoms. The molecule has 0 aliphatic rings. The Labute approximate surface area is 117 Å². The van der Waals surface area contributed by atoms with Crippen molar-refractivity contribution in [3.8, 4) is 0 Å². The molecule has 0 unspecified atom stereocenters. The lowest BCUT2D eigenvalue weighted by molar-refractivity contribution is 0.206. The Morgan fingerprint density at radius 3 is 3.00 bits per heavy atom. The second kappa shape index (κ2) is 6.68. The minimum atomic E-state index is 0.684. The number of aromatic nitrogens is 2. The van der Waals surface area contributed by atoms with E-state index >= 15 is 0 Å². The molecule has 19 heavy (non-hydrogen) atoms. The van der Waals surface area contributed by atoms with Crippen LogP contribution in [0.5, 0.6) is 0 Å². The number of methoxy groups -OCH3 is 1. The molecule has 2 aromatic rings. The summed E-state index contributed by atoms with van der Waals surface area (Å²) in [5.74, 6) is 1.66. The molecule has 0 saturated heterocycles. The Hall–Kier alpha value is -1.40. The third kappa shape index (κ3) is 3.33. The van der Waals surface area contributed by atoms with E-state index in [9.17, 15) is 0 Å². The van der Waals surface area contributed by atoms with Crippen molar-refractivity contribution in [1.82, 2.24) is 9.97 Å². The number of fused-ring (bicyclic) bond motifs is 1. The van der Waals surface area contributed by atoms with Crippen LogP contribution in [0.3, 0.4) is 0 Å². The van der Waals surface area contributed by atoms with Crippen LogP contribution in [0, 0.1) is 0 Å². The highest BCUT2D eigenvalue weighted by Gasteiger charge is 2.12. The van der Waals surface area contributed by atoms with Crippen molar-refractivity contribution < 1.29 is 4.74 Å². The molecular formula is C13H20N4OS. The van der Waals surface area contributed by atoms with Crippen molar-refractivity contribution >= 4 is 33.3 Å². The predicted octanol–water partition coefficient (Wildman–Crippen LogP) is 2.60. The highest BCUT2D eigenvalue weighted by atomic mass is 32.1. The van der Waals surface area contributed by atoms with Crippen molar-refractivity contribution in [1.29, 1.82) is 0 Å². The zero-order valence-electron chi connectivity index (χ0n) is 11.6. The summed E-state index contributed by atoms with van der Waals surface area (Å²) in [5, 5.41) is 6.41. The van der Waals surface area contributed by atoms with Gasteiger partial charge in [-0.2, -0.15) is 4.98 Å². The summed E-state index contributed by atoms with van der Waals surface area (Å²) in [4.78, 5) is 12.3. The van der Waals surface area contributed by atoms with Crippen LogP contribution in [0.15, 0.2) is 11.4 Å². The van der Waals surface area contributed by atoms with Gasteiger partial charge >= 0.3 is 0 Å². The van der Waals surface area contributed by atoms with Gasteiger partial charge in [0.15, 0.2) is 0 Å². The number of hydrogen-bond donors (Lipinski definition) is 1. The fourth-order valence-corrected chi connectivity index (χ4v) is 2.54. The fourth-order valence-electron chi connectivity index (χ4n) is 1.78. The number of thiophene rings is 1. The first-order chi connectivity index (χ1) is 9.26. The van der Waals surface area contributed by atoms with E-state index in [2.05, 4.69) is 38.6 Å². The summed E-state index contributed by atoms with van der Waals surface area (Å²) in [6, 6.07) is 2.07. The third-order valence-corrected chi connectivity index (χ3v) is 3.64. The monoisotopic (exact) mass is 280 g/mol. The molecule has 0 saturated carbocycles. The highest BCUT2D eigenvalue weighted by Crippen LogP contribution is 2.28. The topological polar surface area (TPSA) is 50.3 Å². The van der Waals surface area contributed by atoms with E-state index in [1.165, 1.54) is 0 Å². The van der Waals surface area contributed by atoms with Crippen molar-refractivity contribution in [2.75, 3.05) is 44.1 Å². The standard InChI is InChI=1S/C13H20N4OS/c1-4-6-14-13-15-11(17(2)7-8-18-3)10-5-9-19-12(10)16-13/h5,9H,4,6-8H2,1-3H3,(H,14,15,16).